The molecule has 0 aromatic heterocycles. The number of benzene rings is 2. The van der Waals surface area contributed by atoms with E-state index in [1.807, 2.05) is 39.8 Å². The van der Waals surface area contributed by atoms with Gasteiger partial charge in [0.25, 0.3) is 0 Å². The van der Waals surface area contributed by atoms with Crippen LogP contribution in [0.5, 0.6) is 0 Å². The van der Waals surface area contributed by atoms with Crippen molar-refractivity contribution in [3.05, 3.63) is 69.7 Å². The van der Waals surface area contributed by atoms with Crippen LogP contribution in [-0.4, -0.2) is 226 Å². The second-order valence-corrected chi connectivity index (χ2v) is 28.6. The predicted molar refractivity (Wildman–Crippen MR) is 355 cm³/mol. The number of fused-ring (bicyclic) bond motifs is 2. The van der Waals surface area contributed by atoms with E-state index >= 15 is 14.4 Å². The number of nitrogens with one attached hydrogen (secondary N) is 3. The van der Waals surface area contributed by atoms with Gasteiger partial charge in [0.1, 0.15) is 53.9 Å². The number of hydrogen-bond donors (Lipinski definition) is 3. The molecule has 11 amide bonds. The van der Waals surface area contributed by atoms with Gasteiger partial charge in [-0.25, -0.2) is 0 Å². The summed E-state index contributed by atoms with van der Waals surface area (Å²) in [5.41, 5.74) is -0.662. The Kier molecular flexibility index (Phi) is 25.6. The summed E-state index contributed by atoms with van der Waals surface area (Å²) >= 11 is 6.15. The van der Waals surface area contributed by atoms with Gasteiger partial charge < -0.3 is 55.1 Å². The smallest absolute Gasteiger partial charge is 0.343 e. The van der Waals surface area contributed by atoms with E-state index in [0.717, 1.165) is 35.4 Å². The molecule has 3 saturated heterocycles. The molecule has 1 spiro atoms. The highest BCUT2D eigenvalue weighted by Gasteiger charge is 2.51. The van der Waals surface area contributed by atoms with Crippen LogP contribution in [0.25, 0.3) is 0 Å². The van der Waals surface area contributed by atoms with Gasteiger partial charge in [0.15, 0.2) is 0 Å². The number of rotatable bonds is 10. The minimum Gasteiger partial charge on any atom is -0.343 e. The zero-order valence-corrected chi connectivity index (χ0v) is 58.9. The number of hydrogen-bond acceptors (Lipinski definition) is 11. The summed E-state index contributed by atoms with van der Waals surface area (Å²) in [7, 11) is 8.87. The van der Waals surface area contributed by atoms with E-state index in [1.54, 1.807) is 40.1 Å². The Bertz CT molecular complexity index is 3200. The average Bonchev–Trinajstić information content (AvgIpc) is 1.33. The third kappa shape index (κ3) is 17.5. The molecule has 10 atom stereocenters. The maximum atomic E-state index is 15.4. The predicted octanol–water partition coefficient (Wildman–Crippen LogP) is 6.15. The van der Waals surface area contributed by atoms with Gasteiger partial charge in [-0.1, -0.05) is 107 Å². The first-order valence-corrected chi connectivity index (χ1v) is 34.5. The van der Waals surface area contributed by atoms with Crippen molar-refractivity contribution in [2.24, 2.45) is 17.8 Å². The van der Waals surface area contributed by atoms with Crippen molar-refractivity contribution in [3.63, 3.8) is 0 Å². The van der Waals surface area contributed by atoms with E-state index in [2.05, 4.69) is 16.0 Å². The molecular formula is C70H101ClF3N11O11. The largest absolute Gasteiger partial charge is 0.417 e. The fourth-order valence-corrected chi connectivity index (χ4v) is 14.6. The number of carbonyl (C=O) groups is 11. The third-order valence-electron chi connectivity index (χ3n) is 21.0. The number of aryl methyl sites for hydroxylation is 2. The van der Waals surface area contributed by atoms with Gasteiger partial charge in [-0.2, -0.15) is 13.2 Å². The molecule has 0 unspecified atom stereocenters. The van der Waals surface area contributed by atoms with Crippen molar-refractivity contribution in [2.45, 2.75) is 224 Å². The monoisotopic (exact) mass is 1360 g/mol. The van der Waals surface area contributed by atoms with Crippen LogP contribution in [0, 0.1) is 24.7 Å². The van der Waals surface area contributed by atoms with Gasteiger partial charge >= 0.3 is 6.18 Å². The summed E-state index contributed by atoms with van der Waals surface area (Å²) in [5.74, 6) is -7.38. The van der Waals surface area contributed by atoms with Crippen LogP contribution >= 0.6 is 11.6 Å². The molecule has 3 heterocycles. The van der Waals surface area contributed by atoms with Gasteiger partial charge in [-0.05, 0) is 126 Å². The quantitative estimate of drug-likeness (QED) is 0.243. The Morgan fingerprint density at radius 1 is 0.635 bits per heavy atom. The van der Waals surface area contributed by atoms with E-state index in [4.69, 9.17) is 11.6 Å². The molecule has 5 fully saturated rings. The van der Waals surface area contributed by atoms with Crippen molar-refractivity contribution < 1.29 is 65.9 Å². The molecule has 5 aliphatic rings. The van der Waals surface area contributed by atoms with Gasteiger partial charge in [0, 0.05) is 74.3 Å². The van der Waals surface area contributed by atoms with Crippen LogP contribution in [0.2, 0.25) is 5.02 Å². The highest BCUT2D eigenvalue weighted by molar-refractivity contribution is 6.31. The van der Waals surface area contributed by atoms with Crippen molar-refractivity contribution in [1.29, 1.82) is 0 Å². The first-order chi connectivity index (χ1) is 45.1. The summed E-state index contributed by atoms with van der Waals surface area (Å²) in [6.07, 6.45) is 0.565. The molecule has 0 radical (unpaired) electrons. The summed E-state index contributed by atoms with van der Waals surface area (Å²) in [6.45, 7) is 12.1. The Hall–Kier alpha value is -7.31. The van der Waals surface area contributed by atoms with E-state index in [1.165, 1.54) is 75.5 Å². The molecule has 2 saturated carbocycles. The second kappa shape index (κ2) is 32.4. The lowest BCUT2D eigenvalue weighted by Gasteiger charge is -2.45. The van der Waals surface area contributed by atoms with Crippen LogP contribution in [0.3, 0.4) is 0 Å². The van der Waals surface area contributed by atoms with Crippen LogP contribution in [0.15, 0.2) is 42.5 Å². The molecule has 3 aliphatic heterocycles. The fraction of sp³-hybridized carbons (Fsp3) is 0.671. The number of alkyl halides is 3. The maximum absolute atomic E-state index is 15.4. The summed E-state index contributed by atoms with van der Waals surface area (Å²) in [4.78, 5) is 174. The first kappa shape index (κ1) is 76.1. The molecule has 22 nitrogen and oxygen atoms in total. The van der Waals surface area contributed by atoms with Crippen LogP contribution < -0.4 is 16.0 Å². The van der Waals surface area contributed by atoms with Crippen molar-refractivity contribution in [1.82, 2.24) is 55.1 Å². The summed E-state index contributed by atoms with van der Waals surface area (Å²) in [6, 6.07) is 0.459. The molecule has 3 N–H and O–H groups in total. The van der Waals surface area contributed by atoms with Crippen LogP contribution in [0.1, 0.15) is 160 Å². The van der Waals surface area contributed by atoms with Crippen molar-refractivity contribution in [3.8, 4) is 0 Å². The highest BCUT2D eigenvalue weighted by atomic mass is 35.5. The molecule has 2 aromatic rings. The number of halogens is 4. The molecule has 0 bridgehead atoms. The summed E-state index contributed by atoms with van der Waals surface area (Å²) in [5, 5.41) is 8.21. The molecular weight excluding hydrogens is 1260 g/mol. The van der Waals surface area contributed by atoms with Gasteiger partial charge in [-0.15, -0.1) is 0 Å². The van der Waals surface area contributed by atoms with Crippen LogP contribution in [0.4, 0.5) is 13.2 Å². The van der Waals surface area contributed by atoms with E-state index in [9.17, 15) is 51.5 Å². The first-order valence-electron chi connectivity index (χ1n) is 34.1. The van der Waals surface area contributed by atoms with Gasteiger partial charge in [0.05, 0.1) is 17.1 Å². The van der Waals surface area contributed by atoms with E-state index < -0.39 is 154 Å². The van der Waals surface area contributed by atoms with Gasteiger partial charge in [0.2, 0.25) is 65.0 Å². The third-order valence-corrected chi connectivity index (χ3v) is 21.3. The Morgan fingerprint density at radius 3 is 1.84 bits per heavy atom. The fourth-order valence-electron chi connectivity index (χ4n) is 14.3. The van der Waals surface area contributed by atoms with Crippen molar-refractivity contribution >= 4 is 76.6 Å². The summed E-state index contributed by atoms with van der Waals surface area (Å²) < 4.78 is 41.5. The maximum Gasteiger partial charge on any atom is 0.417 e. The number of nitrogens with zero attached hydrogens (tertiary/aromatic N) is 8. The molecule has 26 heteroatoms. The zero-order valence-electron chi connectivity index (χ0n) is 58.2. The number of likely N-dealkylation sites (N-methyl/N-ethyl adjacent to an activating group) is 6. The highest BCUT2D eigenvalue weighted by Crippen LogP contribution is 2.38. The normalized spacial score (nSPS) is 27.3. The van der Waals surface area contributed by atoms with E-state index in [-0.39, 0.29) is 82.7 Å². The lowest BCUT2D eigenvalue weighted by atomic mass is 9.90. The SMILES string of the molecule is CC[C@H](C)[C@@H]1NC(=O)[C@H](CC(C)C)N(C)C(=O)C[C@@H](C)N(C)C(=O)[C@H](C2CCCC2)N(C)C(=O)C2(CCCC2)NC(=O)[C@@H]2CCCN2C(=O)[C@H](CCc2ccc(C(F)(F)F)c(Cl)c2)NC(=O)CN(C)C(=O)[C@H](Cc2ccc(C)cc2)N(C)C(=O)[C@@H]2CCN2C(=O)[C@H](C)N(C)C1=O. The zero-order chi connectivity index (χ0) is 71.0. The number of carbonyl (C=O) groups excluding carboxylic acids is 11. The van der Waals surface area contributed by atoms with Gasteiger partial charge in [-0.3, -0.25) is 52.7 Å². The molecule has 96 heavy (non-hydrogen) atoms. The topological polar surface area (TPSA) is 250 Å². The Balaban J connectivity index is 1.26. The average molecular weight is 1370 g/mol. The lowest BCUT2D eigenvalue weighted by Crippen LogP contribution is -2.65. The molecule has 7 rings (SSSR count). The Morgan fingerprint density at radius 2 is 1.26 bits per heavy atom. The molecule has 2 aliphatic carbocycles. The minimum absolute atomic E-state index is 0.0274. The standard InChI is InChI=1S/C70H101ClF3N11O11/c1-14-43(5)58-66(94)80(10)45(7)62(90)85-35-31-53(85)65(93)82(12)55(39-47-25-23-42(4)24-26-47)64(92)78(8)40-56(86)75-51(30-28-46-27-29-49(50(71)38-46)70(72,73)74)63(91)84-34-19-22-52(84)61(89)77-69(32-17-18-33-69)68(96)83(13)59(48-20-15-16-21-48)67(95)79(9)44(6)37-57(87)81(11)54(36-41(2)3)60(88)76-58/h23-27,29,38,41,43-45,48,51-55,58-59H,14-22,28,30-37,39-40H2,1-13H3,(H,75,86)(H,76,88)(H,77,89)/t43-,44+,45-,51-,52-,53-,54-,55-,58-,59-/m0/s1. The van der Waals surface area contributed by atoms with Crippen molar-refractivity contribution in [2.75, 3.05) is 61.9 Å². The molecule has 530 valence electrons. The Labute approximate surface area is 568 Å². The lowest BCUT2D eigenvalue weighted by molar-refractivity contribution is -0.160. The second-order valence-electron chi connectivity index (χ2n) is 28.2. The number of amides is 11. The van der Waals surface area contributed by atoms with E-state index in [0.29, 0.717) is 49.7 Å². The van der Waals surface area contributed by atoms with Crippen LogP contribution in [-0.2, 0) is 71.8 Å². The molecule has 2 aromatic carbocycles. The minimum atomic E-state index is -4.75.